The molecule has 0 aliphatic heterocycles. The van der Waals surface area contributed by atoms with E-state index in [-0.39, 0.29) is 12.1 Å². The summed E-state index contributed by atoms with van der Waals surface area (Å²) in [7, 11) is 0. The van der Waals surface area contributed by atoms with E-state index in [4.69, 9.17) is 5.73 Å². The number of hydrogen-bond donors (Lipinski definition) is 3. The third-order valence-corrected chi connectivity index (χ3v) is 5.85. The molecule has 0 bridgehead atoms. The summed E-state index contributed by atoms with van der Waals surface area (Å²) in [6.07, 6.45) is 6.17. The maximum absolute atomic E-state index is 12.4. The fourth-order valence-corrected chi connectivity index (χ4v) is 4.35. The van der Waals surface area contributed by atoms with E-state index in [1.165, 1.54) is 43.4 Å². The van der Waals surface area contributed by atoms with Gasteiger partial charge in [-0.1, -0.05) is 51.3 Å². The Morgan fingerprint density at radius 2 is 1.92 bits per heavy atom. The van der Waals surface area contributed by atoms with Crippen molar-refractivity contribution in [2.45, 2.75) is 57.9 Å². The first kappa shape index (κ1) is 18.9. The molecule has 1 aromatic heterocycles. The molecule has 2 aromatic rings. The van der Waals surface area contributed by atoms with E-state index >= 15 is 0 Å². The van der Waals surface area contributed by atoms with Crippen LogP contribution in [-0.2, 0) is 0 Å². The highest BCUT2D eigenvalue weighted by atomic mass is 32.1. The molecular weight excluding hydrogens is 344 g/mol. The Morgan fingerprint density at radius 1 is 1.19 bits per heavy atom. The quantitative estimate of drug-likeness (QED) is 0.649. The molecule has 1 aromatic carbocycles. The SMILES string of the molecule is CC(C)c1ccccc1NC(=O)Nc1nc(C(N)C2CCCCC2)cs1. The van der Waals surface area contributed by atoms with E-state index in [0.29, 0.717) is 17.0 Å². The van der Waals surface area contributed by atoms with Crippen LogP contribution in [0.1, 0.15) is 69.2 Å². The number of para-hydroxylation sites is 1. The average molecular weight is 373 g/mol. The number of nitrogens with one attached hydrogen (secondary N) is 2. The van der Waals surface area contributed by atoms with Crippen molar-refractivity contribution < 1.29 is 4.79 Å². The van der Waals surface area contributed by atoms with Crippen LogP contribution in [0.15, 0.2) is 29.6 Å². The highest BCUT2D eigenvalue weighted by Crippen LogP contribution is 2.34. The molecule has 140 valence electrons. The summed E-state index contributed by atoms with van der Waals surface area (Å²) in [5.41, 5.74) is 9.24. The molecule has 0 radical (unpaired) electrons. The lowest BCUT2D eigenvalue weighted by molar-refractivity contribution is 0.262. The Bertz CT molecular complexity index is 737. The first-order valence-electron chi connectivity index (χ1n) is 9.42. The third kappa shape index (κ3) is 4.62. The number of rotatable bonds is 5. The third-order valence-electron chi connectivity index (χ3n) is 5.07. The molecule has 1 aliphatic rings. The molecule has 2 amide bonds. The van der Waals surface area contributed by atoms with Crippen molar-refractivity contribution in [3.63, 3.8) is 0 Å². The van der Waals surface area contributed by atoms with Gasteiger partial charge in [0.1, 0.15) is 0 Å². The van der Waals surface area contributed by atoms with Gasteiger partial charge in [0.25, 0.3) is 0 Å². The number of aromatic nitrogens is 1. The Hall–Kier alpha value is -1.92. The maximum Gasteiger partial charge on any atom is 0.325 e. The summed E-state index contributed by atoms with van der Waals surface area (Å²) in [6.45, 7) is 4.22. The molecule has 4 N–H and O–H groups in total. The van der Waals surface area contributed by atoms with Crippen molar-refractivity contribution in [2.75, 3.05) is 10.6 Å². The summed E-state index contributed by atoms with van der Waals surface area (Å²) in [4.78, 5) is 16.9. The first-order chi connectivity index (χ1) is 12.5. The van der Waals surface area contributed by atoms with Gasteiger partial charge < -0.3 is 11.1 Å². The van der Waals surface area contributed by atoms with Crippen LogP contribution in [0.25, 0.3) is 0 Å². The van der Waals surface area contributed by atoms with Crippen molar-refractivity contribution in [1.29, 1.82) is 0 Å². The predicted molar refractivity (Wildman–Crippen MR) is 109 cm³/mol. The lowest BCUT2D eigenvalue weighted by atomic mass is 9.83. The van der Waals surface area contributed by atoms with Gasteiger partial charge in [-0.2, -0.15) is 0 Å². The molecule has 1 unspecified atom stereocenters. The summed E-state index contributed by atoms with van der Waals surface area (Å²) in [6, 6.07) is 7.55. The number of hydrogen-bond acceptors (Lipinski definition) is 4. The van der Waals surface area contributed by atoms with Gasteiger partial charge in [-0.25, -0.2) is 9.78 Å². The normalized spacial score (nSPS) is 16.5. The average Bonchev–Trinajstić information content (AvgIpc) is 3.10. The lowest BCUT2D eigenvalue weighted by Crippen LogP contribution is -2.24. The second kappa shape index (κ2) is 8.64. The van der Waals surface area contributed by atoms with Gasteiger partial charge in [-0.15, -0.1) is 11.3 Å². The topological polar surface area (TPSA) is 80.0 Å². The number of thiazole rings is 1. The van der Waals surface area contributed by atoms with Crippen molar-refractivity contribution in [3.05, 3.63) is 40.9 Å². The number of benzene rings is 1. The monoisotopic (exact) mass is 372 g/mol. The number of carbonyl (C=O) groups is 1. The van der Waals surface area contributed by atoms with Crippen LogP contribution < -0.4 is 16.4 Å². The van der Waals surface area contributed by atoms with Crippen molar-refractivity contribution in [3.8, 4) is 0 Å². The van der Waals surface area contributed by atoms with Crippen molar-refractivity contribution in [2.24, 2.45) is 11.7 Å². The molecule has 1 atom stereocenters. The van der Waals surface area contributed by atoms with Gasteiger partial charge in [0.05, 0.1) is 11.7 Å². The number of nitrogens with zero attached hydrogens (tertiary/aromatic N) is 1. The summed E-state index contributed by atoms with van der Waals surface area (Å²) in [5.74, 6) is 0.844. The summed E-state index contributed by atoms with van der Waals surface area (Å²) < 4.78 is 0. The number of carbonyl (C=O) groups excluding carboxylic acids is 1. The fraction of sp³-hybridized carbons (Fsp3) is 0.500. The minimum atomic E-state index is -0.273. The molecule has 3 rings (SSSR count). The van der Waals surface area contributed by atoms with Crippen LogP contribution in [0.4, 0.5) is 15.6 Å². The molecule has 26 heavy (non-hydrogen) atoms. The largest absolute Gasteiger partial charge is 0.325 e. The lowest BCUT2D eigenvalue weighted by Gasteiger charge is -2.26. The van der Waals surface area contributed by atoms with E-state index in [0.717, 1.165) is 16.9 Å². The zero-order valence-corrected chi connectivity index (χ0v) is 16.3. The van der Waals surface area contributed by atoms with Gasteiger partial charge >= 0.3 is 6.03 Å². The first-order valence-corrected chi connectivity index (χ1v) is 10.3. The van der Waals surface area contributed by atoms with Gasteiger partial charge in [-0.05, 0) is 36.3 Å². The highest BCUT2D eigenvalue weighted by Gasteiger charge is 2.24. The minimum absolute atomic E-state index is 0.0353. The molecule has 1 heterocycles. The van der Waals surface area contributed by atoms with Crippen LogP contribution in [-0.4, -0.2) is 11.0 Å². The zero-order valence-electron chi connectivity index (χ0n) is 15.5. The van der Waals surface area contributed by atoms with E-state index in [1.807, 2.05) is 29.6 Å². The molecule has 1 fully saturated rings. The van der Waals surface area contributed by atoms with Crippen LogP contribution in [0.3, 0.4) is 0 Å². The Morgan fingerprint density at radius 3 is 2.65 bits per heavy atom. The Kier molecular flexibility index (Phi) is 6.27. The fourth-order valence-electron chi connectivity index (χ4n) is 3.60. The molecule has 5 nitrogen and oxygen atoms in total. The Labute approximate surface area is 159 Å². The number of urea groups is 1. The minimum Gasteiger partial charge on any atom is -0.322 e. The Balaban J connectivity index is 1.61. The van der Waals surface area contributed by atoms with Crippen LogP contribution in [0.5, 0.6) is 0 Å². The van der Waals surface area contributed by atoms with Crippen LogP contribution >= 0.6 is 11.3 Å². The number of amides is 2. The molecule has 0 saturated heterocycles. The molecule has 1 saturated carbocycles. The van der Waals surface area contributed by atoms with Crippen LogP contribution in [0.2, 0.25) is 0 Å². The molecule has 6 heteroatoms. The van der Waals surface area contributed by atoms with Crippen molar-refractivity contribution >= 4 is 28.2 Å². The van der Waals surface area contributed by atoms with E-state index in [1.54, 1.807) is 0 Å². The second-order valence-corrected chi connectivity index (χ2v) is 8.18. The van der Waals surface area contributed by atoms with Crippen molar-refractivity contribution in [1.82, 2.24) is 4.98 Å². The summed E-state index contributed by atoms with van der Waals surface area (Å²) in [5, 5.41) is 8.32. The molecular formula is C20H28N4OS. The standard InChI is InChI=1S/C20H28N4OS/c1-13(2)15-10-6-7-11-16(15)22-19(25)24-20-23-17(12-26-20)18(21)14-8-4-3-5-9-14/h6-7,10-14,18H,3-5,8-9,21H2,1-2H3,(H2,22,23,24,25). The maximum atomic E-state index is 12.4. The van der Waals surface area contributed by atoms with E-state index in [9.17, 15) is 4.79 Å². The molecule has 0 spiro atoms. The van der Waals surface area contributed by atoms with E-state index < -0.39 is 0 Å². The highest BCUT2D eigenvalue weighted by molar-refractivity contribution is 7.13. The number of nitrogens with two attached hydrogens (primary N) is 1. The molecule has 1 aliphatic carbocycles. The smallest absolute Gasteiger partial charge is 0.322 e. The summed E-state index contributed by atoms with van der Waals surface area (Å²) >= 11 is 1.43. The van der Waals surface area contributed by atoms with Gasteiger partial charge in [0.2, 0.25) is 0 Å². The van der Waals surface area contributed by atoms with Gasteiger partial charge in [0, 0.05) is 11.1 Å². The van der Waals surface area contributed by atoms with E-state index in [2.05, 4.69) is 29.5 Å². The zero-order chi connectivity index (χ0) is 18.5. The number of anilines is 2. The van der Waals surface area contributed by atoms with Gasteiger partial charge in [-0.3, -0.25) is 5.32 Å². The predicted octanol–water partition coefficient (Wildman–Crippen LogP) is 5.49. The van der Waals surface area contributed by atoms with Gasteiger partial charge in [0.15, 0.2) is 5.13 Å². The second-order valence-electron chi connectivity index (χ2n) is 7.32. The van der Waals surface area contributed by atoms with Crippen LogP contribution in [0, 0.1) is 5.92 Å².